The Morgan fingerprint density at radius 1 is 1.07 bits per heavy atom. The van der Waals surface area contributed by atoms with E-state index >= 15 is 0 Å². The van der Waals surface area contributed by atoms with Crippen LogP contribution in [0.15, 0.2) is 24.3 Å². The van der Waals surface area contributed by atoms with Crippen LogP contribution in [0, 0.1) is 5.92 Å². The summed E-state index contributed by atoms with van der Waals surface area (Å²) >= 11 is 0. The average molecular weight is 422 g/mol. The van der Waals surface area contributed by atoms with E-state index in [4.69, 9.17) is 4.74 Å². The molecule has 8 heteroatoms. The van der Waals surface area contributed by atoms with Crippen LogP contribution >= 0.6 is 0 Å². The topological polar surface area (TPSA) is 59.3 Å². The number of rotatable bonds is 6. The predicted molar refractivity (Wildman–Crippen MR) is 110 cm³/mol. The number of tetrazole rings is 1. The highest BCUT2D eigenvalue weighted by Gasteiger charge is 2.33. The first kappa shape index (κ1) is 23.6. The summed E-state index contributed by atoms with van der Waals surface area (Å²) in [5.74, 6) is 2.38. The van der Waals surface area contributed by atoms with Gasteiger partial charge in [-0.05, 0) is 43.2 Å². The third kappa shape index (κ3) is 5.47. The summed E-state index contributed by atoms with van der Waals surface area (Å²) in [7, 11) is 1.74. The van der Waals surface area contributed by atoms with Gasteiger partial charge in [0.25, 0.3) is 0 Å². The van der Waals surface area contributed by atoms with Crippen LogP contribution in [-0.4, -0.2) is 63.3 Å². The standard InChI is InChI=1S/C21H34N6O.ClH/c1-16(2)19(20-22-23-24-27(20)21(3,4)5)26-13-11-25(12-14-26)15-17-9-7-8-10-18(17)28-6;/h7-10,16,19H,11-15H2,1-6H3;1H/p-1. The number of benzene rings is 1. The normalized spacial score (nSPS) is 17.2. The number of halogens is 1. The molecule has 1 aromatic carbocycles. The zero-order valence-corrected chi connectivity index (χ0v) is 19.2. The van der Waals surface area contributed by atoms with Gasteiger partial charge in [0, 0.05) is 38.3 Å². The van der Waals surface area contributed by atoms with Crippen molar-refractivity contribution in [2.24, 2.45) is 5.92 Å². The monoisotopic (exact) mass is 421 g/mol. The van der Waals surface area contributed by atoms with E-state index in [-0.39, 0.29) is 24.0 Å². The van der Waals surface area contributed by atoms with Crippen molar-refractivity contribution in [2.75, 3.05) is 33.3 Å². The Morgan fingerprint density at radius 2 is 1.72 bits per heavy atom. The van der Waals surface area contributed by atoms with E-state index < -0.39 is 0 Å². The molecule has 0 amide bonds. The molecule has 2 aromatic rings. The molecule has 1 atom stereocenters. The van der Waals surface area contributed by atoms with Crippen molar-refractivity contribution in [3.8, 4) is 5.75 Å². The van der Waals surface area contributed by atoms with E-state index in [1.165, 1.54) is 5.56 Å². The van der Waals surface area contributed by atoms with E-state index in [1.54, 1.807) is 7.11 Å². The van der Waals surface area contributed by atoms with Crippen LogP contribution in [0.5, 0.6) is 5.75 Å². The lowest BCUT2D eigenvalue weighted by molar-refractivity contribution is -0.00000737. The number of piperazine rings is 1. The first-order chi connectivity index (χ1) is 13.3. The summed E-state index contributed by atoms with van der Waals surface area (Å²) in [4.78, 5) is 5.04. The second kappa shape index (κ2) is 9.87. The Kier molecular flexibility index (Phi) is 8.02. The van der Waals surface area contributed by atoms with Gasteiger partial charge in [0.2, 0.25) is 0 Å². The molecule has 0 N–H and O–H groups in total. The largest absolute Gasteiger partial charge is 1.00 e. The number of nitrogens with zero attached hydrogens (tertiary/aromatic N) is 6. The highest BCUT2D eigenvalue weighted by Crippen LogP contribution is 2.30. The van der Waals surface area contributed by atoms with Crippen LogP contribution < -0.4 is 17.1 Å². The van der Waals surface area contributed by atoms with Crippen molar-refractivity contribution < 1.29 is 17.1 Å². The zero-order valence-electron chi connectivity index (χ0n) is 18.5. The van der Waals surface area contributed by atoms with Crippen molar-refractivity contribution >= 4 is 0 Å². The quantitative estimate of drug-likeness (QED) is 0.652. The Labute approximate surface area is 180 Å². The molecule has 3 rings (SSSR count). The summed E-state index contributed by atoms with van der Waals surface area (Å²) in [6, 6.07) is 8.51. The van der Waals surface area contributed by atoms with Crippen LogP contribution in [0.2, 0.25) is 0 Å². The molecule has 7 nitrogen and oxygen atoms in total. The molecule has 0 radical (unpaired) electrons. The molecule has 162 valence electrons. The Hall–Kier alpha value is -1.70. The number of para-hydroxylation sites is 1. The summed E-state index contributed by atoms with van der Waals surface area (Å²) in [6.07, 6.45) is 0. The van der Waals surface area contributed by atoms with Crippen LogP contribution in [-0.2, 0) is 12.1 Å². The molecule has 29 heavy (non-hydrogen) atoms. The van der Waals surface area contributed by atoms with Crippen LogP contribution in [0.25, 0.3) is 0 Å². The molecule has 0 saturated carbocycles. The number of ether oxygens (including phenoxy) is 1. The SMILES string of the molecule is COc1ccccc1CN1CCN(C(c2nnnn2C(C)(C)C)C(C)C)CC1.[Cl-]. The maximum atomic E-state index is 5.51. The van der Waals surface area contributed by atoms with E-state index in [2.05, 4.69) is 72.1 Å². The van der Waals surface area contributed by atoms with E-state index in [0.717, 1.165) is 44.3 Å². The van der Waals surface area contributed by atoms with E-state index in [0.29, 0.717) is 5.92 Å². The molecular formula is C21H34ClN6O-. The number of aromatic nitrogens is 4. The zero-order chi connectivity index (χ0) is 20.3. The molecule has 0 spiro atoms. The highest BCUT2D eigenvalue weighted by atomic mass is 35.5. The Balaban J connectivity index is 0.00000300. The summed E-state index contributed by atoms with van der Waals surface area (Å²) < 4.78 is 7.49. The average Bonchev–Trinajstić information content (AvgIpc) is 3.13. The van der Waals surface area contributed by atoms with Crippen molar-refractivity contribution in [1.82, 2.24) is 30.0 Å². The van der Waals surface area contributed by atoms with Gasteiger partial charge in [-0.2, -0.15) is 0 Å². The fourth-order valence-electron chi connectivity index (χ4n) is 4.01. The molecule has 2 heterocycles. The van der Waals surface area contributed by atoms with Gasteiger partial charge in [-0.15, -0.1) is 5.10 Å². The Morgan fingerprint density at radius 3 is 2.31 bits per heavy atom. The minimum Gasteiger partial charge on any atom is -1.00 e. The molecule has 0 bridgehead atoms. The number of methoxy groups -OCH3 is 1. The minimum atomic E-state index is -0.127. The van der Waals surface area contributed by atoms with E-state index in [1.807, 2.05) is 16.8 Å². The smallest absolute Gasteiger partial charge is 0.169 e. The molecule has 1 fully saturated rings. The maximum absolute atomic E-state index is 5.51. The van der Waals surface area contributed by atoms with Gasteiger partial charge in [0.1, 0.15) is 5.75 Å². The predicted octanol–water partition coefficient (Wildman–Crippen LogP) is -0.0444. The first-order valence-corrected chi connectivity index (χ1v) is 10.2. The van der Waals surface area contributed by atoms with Crippen LogP contribution in [0.3, 0.4) is 0 Å². The first-order valence-electron chi connectivity index (χ1n) is 10.2. The van der Waals surface area contributed by atoms with Gasteiger partial charge in [0.05, 0.1) is 18.7 Å². The van der Waals surface area contributed by atoms with Crippen molar-refractivity contribution in [3.05, 3.63) is 35.7 Å². The van der Waals surface area contributed by atoms with Crippen molar-refractivity contribution in [1.29, 1.82) is 0 Å². The lowest BCUT2D eigenvalue weighted by Gasteiger charge is -2.41. The van der Waals surface area contributed by atoms with Gasteiger partial charge in [-0.3, -0.25) is 9.80 Å². The fourth-order valence-corrected chi connectivity index (χ4v) is 4.01. The van der Waals surface area contributed by atoms with Crippen molar-refractivity contribution in [2.45, 2.75) is 52.7 Å². The molecule has 1 unspecified atom stereocenters. The number of hydrogen-bond acceptors (Lipinski definition) is 6. The summed E-state index contributed by atoms with van der Waals surface area (Å²) in [6.45, 7) is 16.0. The molecule has 1 aromatic heterocycles. The van der Waals surface area contributed by atoms with Gasteiger partial charge in [0.15, 0.2) is 5.82 Å². The molecular weight excluding hydrogens is 388 g/mol. The highest BCUT2D eigenvalue weighted by molar-refractivity contribution is 5.33. The van der Waals surface area contributed by atoms with Crippen LogP contribution in [0.4, 0.5) is 0 Å². The third-order valence-electron chi connectivity index (χ3n) is 5.41. The van der Waals surface area contributed by atoms with Gasteiger partial charge in [-0.25, -0.2) is 4.68 Å². The second-order valence-electron chi connectivity index (χ2n) is 8.93. The van der Waals surface area contributed by atoms with Gasteiger partial charge < -0.3 is 17.1 Å². The second-order valence-corrected chi connectivity index (χ2v) is 8.93. The maximum Gasteiger partial charge on any atom is 0.169 e. The molecule has 1 aliphatic rings. The Bertz CT molecular complexity index is 765. The van der Waals surface area contributed by atoms with Crippen molar-refractivity contribution in [3.63, 3.8) is 0 Å². The third-order valence-corrected chi connectivity index (χ3v) is 5.41. The molecule has 1 aliphatic heterocycles. The lowest BCUT2D eigenvalue weighted by Crippen LogP contribution is -3.00. The van der Waals surface area contributed by atoms with Gasteiger partial charge >= 0.3 is 0 Å². The van der Waals surface area contributed by atoms with Gasteiger partial charge in [-0.1, -0.05) is 32.0 Å². The summed E-state index contributed by atoms with van der Waals surface area (Å²) in [5, 5.41) is 12.7. The summed E-state index contributed by atoms with van der Waals surface area (Å²) in [5.41, 5.74) is 1.12. The van der Waals surface area contributed by atoms with Crippen LogP contribution in [0.1, 0.15) is 52.0 Å². The lowest BCUT2D eigenvalue weighted by atomic mass is 9.99. The number of hydrogen-bond donors (Lipinski definition) is 0. The molecule has 1 saturated heterocycles. The minimum absolute atomic E-state index is 0. The van der Waals surface area contributed by atoms with E-state index in [9.17, 15) is 0 Å². The molecule has 0 aliphatic carbocycles. The fraction of sp³-hybridized carbons (Fsp3) is 0.667.